The number of halogens is 2. The van der Waals surface area contributed by atoms with Crippen LogP contribution in [0.3, 0.4) is 0 Å². The Morgan fingerprint density at radius 2 is 1.85 bits per heavy atom. The van der Waals surface area contributed by atoms with Crippen molar-refractivity contribution in [2.45, 2.75) is 26.9 Å². The van der Waals surface area contributed by atoms with Crippen molar-refractivity contribution in [1.29, 1.82) is 0 Å². The molecule has 1 unspecified atom stereocenters. The van der Waals surface area contributed by atoms with Gasteiger partial charge in [-0.15, -0.1) is 0 Å². The van der Waals surface area contributed by atoms with Gasteiger partial charge in [-0.05, 0) is 56.7 Å². The molecule has 0 amide bonds. The van der Waals surface area contributed by atoms with Crippen LogP contribution in [0.5, 0.6) is 0 Å². The van der Waals surface area contributed by atoms with Gasteiger partial charge in [-0.1, -0.05) is 11.6 Å². The molecule has 0 saturated carbocycles. The van der Waals surface area contributed by atoms with E-state index in [2.05, 4.69) is 9.88 Å². The zero-order valence-electron chi connectivity index (χ0n) is 18.6. The highest BCUT2D eigenvalue weighted by Gasteiger charge is 2.25. The van der Waals surface area contributed by atoms with E-state index < -0.39 is 5.82 Å². The summed E-state index contributed by atoms with van der Waals surface area (Å²) in [5.74, 6) is 0.268. The quantitative estimate of drug-likeness (QED) is 0.406. The van der Waals surface area contributed by atoms with Crippen LogP contribution in [0.25, 0.3) is 22.3 Å². The summed E-state index contributed by atoms with van der Waals surface area (Å²) in [7, 11) is 0. The highest BCUT2D eigenvalue weighted by molar-refractivity contribution is 6.30. The third kappa shape index (κ3) is 4.26. The van der Waals surface area contributed by atoms with Crippen LogP contribution in [0.4, 0.5) is 10.2 Å². The van der Waals surface area contributed by atoms with E-state index in [0.717, 1.165) is 22.6 Å². The molecule has 1 aromatic carbocycles. The topological polar surface area (TPSA) is 64.0 Å². The van der Waals surface area contributed by atoms with Gasteiger partial charge in [-0.3, -0.25) is 4.98 Å². The van der Waals surface area contributed by atoms with Crippen LogP contribution < -0.4 is 4.90 Å². The van der Waals surface area contributed by atoms with E-state index in [9.17, 15) is 4.39 Å². The number of hydrogen-bond donors (Lipinski definition) is 0. The molecule has 1 fully saturated rings. The molecule has 1 atom stereocenters. The molecule has 3 aromatic heterocycles. The Morgan fingerprint density at radius 1 is 1.03 bits per heavy atom. The second-order valence-electron chi connectivity index (χ2n) is 8.25. The summed E-state index contributed by atoms with van der Waals surface area (Å²) in [6.07, 6.45) is 1.68. The summed E-state index contributed by atoms with van der Waals surface area (Å²) >= 11 is 5.99. The highest BCUT2D eigenvalue weighted by Crippen LogP contribution is 2.33. The predicted octanol–water partition coefficient (Wildman–Crippen LogP) is 5.38. The first-order valence-corrected chi connectivity index (χ1v) is 11.2. The number of fused-ring (bicyclic) bond motifs is 1. The first-order chi connectivity index (χ1) is 15.9. The van der Waals surface area contributed by atoms with Crippen molar-refractivity contribution in [3.63, 3.8) is 0 Å². The number of morpholine rings is 1. The number of aryl methyl sites for hydroxylation is 3. The van der Waals surface area contributed by atoms with Gasteiger partial charge in [0.25, 0.3) is 0 Å². The van der Waals surface area contributed by atoms with Crippen LogP contribution >= 0.6 is 11.6 Å². The Hall–Kier alpha value is -3.16. The van der Waals surface area contributed by atoms with E-state index in [0.29, 0.717) is 52.8 Å². The fraction of sp³-hybridized carbons (Fsp3) is 0.280. The van der Waals surface area contributed by atoms with Crippen molar-refractivity contribution in [3.8, 4) is 11.3 Å². The molecule has 4 aromatic rings. The number of anilines is 1. The van der Waals surface area contributed by atoms with E-state index in [1.807, 2.05) is 39.0 Å². The SMILES string of the molecule is Cc1cc(C2CN(c3cc4nc(C)c(C)nc4c(-c4ccc(Cl)cc4F)n3)CCO2)ccn1. The average Bonchev–Trinajstić information content (AvgIpc) is 2.80. The number of ether oxygens (including phenoxy) is 1. The van der Waals surface area contributed by atoms with Crippen molar-refractivity contribution in [2.24, 2.45) is 0 Å². The Balaban J connectivity index is 1.62. The second-order valence-corrected chi connectivity index (χ2v) is 8.69. The molecule has 8 heteroatoms. The molecule has 1 aliphatic rings. The van der Waals surface area contributed by atoms with Gasteiger partial charge in [-0.2, -0.15) is 0 Å². The summed E-state index contributed by atoms with van der Waals surface area (Å²) < 4.78 is 21.0. The van der Waals surface area contributed by atoms with Crippen molar-refractivity contribution >= 4 is 28.5 Å². The van der Waals surface area contributed by atoms with Gasteiger partial charge in [-0.25, -0.2) is 19.3 Å². The van der Waals surface area contributed by atoms with Crippen LogP contribution in [-0.2, 0) is 4.74 Å². The van der Waals surface area contributed by atoms with Gasteiger partial charge in [0.05, 0.1) is 23.5 Å². The van der Waals surface area contributed by atoms with Crippen LogP contribution in [-0.4, -0.2) is 39.6 Å². The lowest BCUT2D eigenvalue weighted by Crippen LogP contribution is -2.39. The minimum atomic E-state index is -0.444. The Morgan fingerprint density at radius 3 is 2.64 bits per heavy atom. The number of benzene rings is 1. The molecule has 0 bridgehead atoms. The maximum absolute atomic E-state index is 14.9. The van der Waals surface area contributed by atoms with Crippen molar-refractivity contribution in [2.75, 3.05) is 24.6 Å². The van der Waals surface area contributed by atoms with E-state index in [4.69, 9.17) is 31.3 Å². The lowest BCUT2D eigenvalue weighted by molar-refractivity contribution is 0.0394. The number of rotatable bonds is 3. The lowest BCUT2D eigenvalue weighted by atomic mass is 10.1. The largest absolute Gasteiger partial charge is 0.370 e. The molecule has 0 radical (unpaired) electrons. The molecule has 0 aliphatic carbocycles. The van der Waals surface area contributed by atoms with Gasteiger partial charge >= 0.3 is 0 Å². The maximum atomic E-state index is 14.9. The molecule has 1 saturated heterocycles. The zero-order chi connectivity index (χ0) is 23.1. The van der Waals surface area contributed by atoms with E-state index in [-0.39, 0.29) is 6.10 Å². The molecule has 5 rings (SSSR count). The summed E-state index contributed by atoms with van der Waals surface area (Å²) in [5.41, 5.74) is 5.67. The van der Waals surface area contributed by atoms with E-state index >= 15 is 0 Å². The Labute approximate surface area is 196 Å². The van der Waals surface area contributed by atoms with Gasteiger partial charge in [0.15, 0.2) is 0 Å². The van der Waals surface area contributed by atoms with Crippen LogP contribution in [0.1, 0.15) is 28.7 Å². The third-order valence-corrected chi connectivity index (χ3v) is 6.15. The molecule has 0 N–H and O–H groups in total. The number of hydrogen-bond acceptors (Lipinski definition) is 6. The van der Waals surface area contributed by atoms with Crippen LogP contribution in [0, 0.1) is 26.6 Å². The Kier molecular flexibility index (Phi) is 5.68. The van der Waals surface area contributed by atoms with E-state index in [1.165, 1.54) is 6.07 Å². The molecular formula is C25H23ClFN5O. The summed E-state index contributed by atoms with van der Waals surface area (Å²) in [6.45, 7) is 7.60. The molecule has 33 heavy (non-hydrogen) atoms. The first kappa shape index (κ1) is 21.7. The molecule has 4 heterocycles. The monoisotopic (exact) mass is 463 g/mol. The normalized spacial score (nSPS) is 16.4. The summed E-state index contributed by atoms with van der Waals surface area (Å²) in [6, 6.07) is 10.5. The minimum Gasteiger partial charge on any atom is -0.370 e. The first-order valence-electron chi connectivity index (χ1n) is 10.8. The molecule has 168 valence electrons. The fourth-order valence-electron chi connectivity index (χ4n) is 4.08. The van der Waals surface area contributed by atoms with Crippen molar-refractivity contribution in [1.82, 2.24) is 19.9 Å². The second kappa shape index (κ2) is 8.65. The van der Waals surface area contributed by atoms with Gasteiger partial charge in [0.2, 0.25) is 0 Å². The fourth-order valence-corrected chi connectivity index (χ4v) is 4.23. The van der Waals surface area contributed by atoms with Gasteiger partial charge in [0, 0.05) is 41.6 Å². The summed E-state index contributed by atoms with van der Waals surface area (Å²) in [5, 5.41) is 0.332. The molecule has 6 nitrogen and oxygen atoms in total. The molecule has 1 aliphatic heterocycles. The zero-order valence-corrected chi connectivity index (χ0v) is 19.4. The summed E-state index contributed by atoms with van der Waals surface area (Å²) in [4.78, 5) is 20.7. The Bertz CT molecular complexity index is 1360. The lowest BCUT2D eigenvalue weighted by Gasteiger charge is -2.34. The molecular weight excluding hydrogens is 441 g/mol. The predicted molar refractivity (Wildman–Crippen MR) is 127 cm³/mol. The van der Waals surface area contributed by atoms with Gasteiger partial charge in [0.1, 0.15) is 28.9 Å². The van der Waals surface area contributed by atoms with Crippen molar-refractivity contribution in [3.05, 3.63) is 76.1 Å². The van der Waals surface area contributed by atoms with E-state index in [1.54, 1.807) is 18.3 Å². The third-order valence-electron chi connectivity index (χ3n) is 5.92. The molecule has 0 spiro atoms. The van der Waals surface area contributed by atoms with Gasteiger partial charge < -0.3 is 9.64 Å². The minimum absolute atomic E-state index is 0.112. The average molecular weight is 464 g/mol. The van der Waals surface area contributed by atoms with Crippen LogP contribution in [0.15, 0.2) is 42.6 Å². The smallest absolute Gasteiger partial charge is 0.134 e. The standard InChI is InChI=1S/C25H23ClFN5O/c1-14-10-17(6-7-28-14)22-13-32(8-9-33-22)23-12-21-25(30-16(3)15(2)29-21)24(31-23)19-5-4-18(26)11-20(19)27/h4-7,10-12,22H,8-9,13H2,1-3H3. The number of nitrogens with zero attached hydrogens (tertiary/aromatic N) is 5. The highest BCUT2D eigenvalue weighted by atomic mass is 35.5. The number of aromatic nitrogens is 4. The van der Waals surface area contributed by atoms with Crippen LogP contribution in [0.2, 0.25) is 5.02 Å². The maximum Gasteiger partial charge on any atom is 0.134 e. The van der Waals surface area contributed by atoms with Crippen molar-refractivity contribution < 1.29 is 9.13 Å². The number of pyridine rings is 2.